The molecule has 0 unspecified atom stereocenters. The second-order valence-corrected chi connectivity index (χ2v) is 20.1. The van der Waals surface area contributed by atoms with Gasteiger partial charge in [-0.15, -0.1) is 4.72 Å². The number of aromatic nitrogens is 3. The number of hydrogen-bond donors (Lipinski definition) is 1. The molecule has 0 radical (unpaired) electrons. The fourth-order valence-electron chi connectivity index (χ4n) is 4.06. The molecule has 2 aromatic rings. The van der Waals surface area contributed by atoms with Crippen LogP contribution in [0.15, 0.2) is 16.9 Å². The molecule has 2 aromatic heterocycles. The van der Waals surface area contributed by atoms with E-state index >= 15 is 0 Å². The van der Waals surface area contributed by atoms with E-state index in [-0.39, 0.29) is 17.9 Å². The molecule has 0 saturated carbocycles. The number of unbranched alkanes of at least 4 members (excludes halogenated alkanes) is 2. The van der Waals surface area contributed by atoms with E-state index in [0.717, 1.165) is 25.3 Å². The van der Waals surface area contributed by atoms with Crippen molar-refractivity contribution in [1.82, 2.24) is 19.4 Å². The molecule has 0 aromatic carbocycles. The molecule has 1 aliphatic heterocycles. The van der Waals surface area contributed by atoms with Gasteiger partial charge in [0.05, 0.1) is 13.2 Å². The zero-order valence-electron chi connectivity index (χ0n) is 23.4. The fourth-order valence-corrected chi connectivity index (χ4v) is 6.01. The van der Waals surface area contributed by atoms with E-state index in [4.69, 9.17) is 41.9 Å². The van der Waals surface area contributed by atoms with Crippen LogP contribution in [0.5, 0.6) is 0 Å². The summed E-state index contributed by atoms with van der Waals surface area (Å²) >= 11 is 11.6. The van der Waals surface area contributed by atoms with Crippen LogP contribution in [0, 0.1) is 0 Å². The van der Waals surface area contributed by atoms with Crippen LogP contribution >= 0.6 is 23.2 Å². The third kappa shape index (κ3) is 8.94. The Kier molecular flexibility index (Phi) is 11.6. The summed E-state index contributed by atoms with van der Waals surface area (Å²) < 4.78 is 40.5. The van der Waals surface area contributed by atoms with Crippen molar-refractivity contribution < 1.29 is 23.3 Å². The Balaban J connectivity index is 1.65. The van der Waals surface area contributed by atoms with E-state index in [2.05, 4.69) is 34.5 Å². The van der Waals surface area contributed by atoms with Crippen LogP contribution in [0.1, 0.15) is 70.4 Å². The minimum absolute atomic E-state index is 0.217. The van der Waals surface area contributed by atoms with Gasteiger partial charge in [-0.3, -0.25) is 4.57 Å². The lowest BCUT2D eigenvalue weighted by Gasteiger charge is -2.28. The van der Waals surface area contributed by atoms with Crippen LogP contribution in [0.25, 0.3) is 0 Å². The highest BCUT2D eigenvalue weighted by Gasteiger charge is 2.40. The van der Waals surface area contributed by atoms with Crippen molar-refractivity contribution in [2.45, 2.75) is 102 Å². The number of hydrogen-bond acceptors (Lipinski definition) is 8. The summed E-state index contributed by atoms with van der Waals surface area (Å²) in [5, 5.41) is 4.59. The van der Waals surface area contributed by atoms with Gasteiger partial charge in [-0.1, -0.05) is 60.8 Å². The maximum atomic E-state index is 13.1. The van der Waals surface area contributed by atoms with E-state index in [1.165, 1.54) is 6.26 Å². The van der Waals surface area contributed by atoms with Gasteiger partial charge in [0.1, 0.15) is 40.5 Å². The third-order valence-corrected chi connectivity index (χ3v) is 10.4. The molecular formula is C25H42Cl2N4O5SSi. The van der Waals surface area contributed by atoms with Crippen molar-refractivity contribution in [2.24, 2.45) is 0 Å². The second kappa shape index (κ2) is 13.8. The lowest BCUT2D eigenvalue weighted by molar-refractivity contribution is -0.175. The number of halogens is 2. The molecule has 3 rings (SSSR count). The van der Waals surface area contributed by atoms with Gasteiger partial charge in [0.2, 0.25) is 5.79 Å². The lowest BCUT2D eigenvalue weighted by atomic mass is 10.0. The highest BCUT2D eigenvalue weighted by Crippen LogP contribution is 2.36. The van der Waals surface area contributed by atoms with Crippen LogP contribution in [0.4, 0.5) is 0 Å². The largest absolute Gasteiger partial charge is 0.598 e. The van der Waals surface area contributed by atoms with Crippen molar-refractivity contribution in [3.05, 3.63) is 34.2 Å². The van der Waals surface area contributed by atoms with Gasteiger partial charge < -0.3 is 23.3 Å². The Morgan fingerprint density at radius 1 is 1.21 bits per heavy atom. The molecular weight excluding hydrogens is 567 g/mol. The molecule has 38 heavy (non-hydrogen) atoms. The molecule has 2 atom stereocenters. The Hall–Kier alpha value is -0.633. The quantitative estimate of drug-likeness (QED) is 0.140. The standard InChI is InChI=1S/C25H42Cl2N4O5SSi/c1-24(2,3)37(32)30-19(23-28-21(26)22(27)31(23)18-33-16-17-38(4,5)6)10-8-7-9-12-25(34-14-15-35-25)20-11-13-36-29-20/h11,13,19,30H,7-10,12,14-18H2,1-6H3/t19-,37+/m0/s1. The second-order valence-electron chi connectivity index (χ2n) is 11.8. The molecule has 0 bridgehead atoms. The fraction of sp³-hybridized carbons (Fsp3) is 0.760. The average molecular weight is 610 g/mol. The van der Waals surface area contributed by atoms with Gasteiger partial charge in [0.15, 0.2) is 5.15 Å². The molecule has 0 aliphatic carbocycles. The normalized spacial score (nSPS) is 17.7. The van der Waals surface area contributed by atoms with Crippen molar-refractivity contribution in [2.75, 3.05) is 19.8 Å². The molecule has 0 spiro atoms. The maximum absolute atomic E-state index is 13.1. The maximum Gasteiger partial charge on any atom is 0.215 e. The van der Waals surface area contributed by atoms with Crippen LogP contribution < -0.4 is 4.72 Å². The zero-order chi connectivity index (χ0) is 28.0. The van der Waals surface area contributed by atoms with Crippen molar-refractivity contribution in [3.8, 4) is 0 Å². The molecule has 0 amide bonds. The number of ether oxygens (including phenoxy) is 3. The molecule has 1 aliphatic rings. The molecule has 9 nitrogen and oxygen atoms in total. The highest BCUT2D eigenvalue weighted by molar-refractivity contribution is 7.90. The van der Waals surface area contributed by atoms with E-state index in [1.54, 1.807) is 10.6 Å². The SMILES string of the molecule is CC(C)(C)[S@@+]([O-])N[C@@H](CCCCCC1(c2ccon2)OCCO1)c1nc(Cl)c(Cl)n1COCC[Si](C)(C)C. The first-order chi connectivity index (χ1) is 17.8. The molecule has 13 heteroatoms. The van der Waals surface area contributed by atoms with Gasteiger partial charge in [-0.2, -0.15) is 0 Å². The number of nitrogens with one attached hydrogen (secondary N) is 1. The van der Waals surface area contributed by atoms with Crippen molar-refractivity contribution in [1.29, 1.82) is 0 Å². The van der Waals surface area contributed by atoms with Gasteiger partial charge in [0, 0.05) is 38.5 Å². The Morgan fingerprint density at radius 3 is 2.53 bits per heavy atom. The monoisotopic (exact) mass is 608 g/mol. The third-order valence-electron chi connectivity index (χ3n) is 6.31. The predicted molar refractivity (Wildman–Crippen MR) is 153 cm³/mol. The Labute approximate surface area is 240 Å². The first-order valence-electron chi connectivity index (χ1n) is 13.2. The Bertz CT molecular complexity index is 991. The van der Waals surface area contributed by atoms with E-state index in [9.17, 15) is 4.55 Å². The van der Waals surface area contributed by atoms with Crippen LogP contribution in [-0.4, -0.2) is 51.9 Å². The van der Waals surface area contributed by atoms with E-state index in [1.807, 2.05) is 20.8 Å². The summed E-state index contributed by atoms with van der Waals surface area (Å²) in [6.07, 6.45) is 5.51. The zero-order valence-corrected chi connectivity index (χ0v) is 26.7. The smallest absolute Gasteiger partial charge is 0.215 e. The molecule has 3 heterocycles. The number of imidazole rings is 1. The lowest BCUT2D eigenvalue weighted by Crippen LogP contribution is -2.42. The molecule has 216 valence electrons. The number of nitrogens with zero attached hydrogens (tertiary/aromatic N) is 3. The minimum atomic E-state index is -1.31. The van der Waals surface area contributed by atoms with Gasteiger partial charge in [-0.05, 0) is 39.7 Å². The van der Waals surface area contributed by atoms with Gasteiger partial charge in [0.25, 0.3) is 0 Å². The summed E-state index contributed by atoms with van der Waals surface area (Å²) in [5.41, 5.74) is 0.663. The van der Waals surface area contributed by atoms with Crippen molar-refractivity contribution >= 4 is 42.6 Å². The summed E-state index contributed by atoms with van der Waals surface area (Å²) in [6.45, 7) is 14.7. The first-order valence-corrected chi connectivity index (χ1v) is 18.8. The number of rotatable bonds is 15. The van der Waals surface area contributed by atoms with E-state index in [0.29, 0.717) is 49.3 Å². The molecule has 1 saturated heterocycles. The molecule has 1 N–H and O–H groups in total. The summed E-state index contributed by atoms with van der Waals surface area (Å²) in [5.74, 6) is -0.213. The van der Waals surface area contributed by atoms with Gasteiger partial charge in [-0.25, -0.2) is 4.98 Å². The van der Waals surface area contributed by atoms with Crippen molar-refractivity contribution in [3.63, 3.8) is 0 Å². The molecule has 1 fully saturated rings. The van der Waals surface area contributed by atoms with Gasteiger partial charge >= 0.3 is 0 Å². The van der Waals surface area contributed by atoms with E-state index < -0.39 is 30.0 Å². The summed E-state index contributed by atoms with van der Waals surface area (Å²) in [7, 11) is -1.23. The topological polar surface area (TPSA) is 107 Å². The highest BCUT2D eigenvalue weighted by atomic mass is 35.5. The Morgan fingerprint density at radius 2 is 1.92 bits per heavy atom. The first kappa shape index (κ1) is 31.9. The summed E-state index contributed by atoms with van der Waals surface area (Å²) in [4.78, 5) is 4.55. The predicted octanol–water partition coefficient (Wildman–Crippen LogP) is 6.43. The van der Waals surface area contributed by atoms with Crippen LogP contribution in [0.2, 0.25) is 36.0 Å². The minimum Gasteiger partial charge on any atom is -0.598 e. The summed E-state index contributed by atoms with van der Waals surface area (Å²) in [6, 6.07) is 2.51. The average Bonchev–Trinajstić information content (AvgIpc) is 3.57. The van der Waals surface area contributed by atoms with Crippen LogP contribution in [-0.2, 0) is 38.1 Å². The van der Waals surface area contributed by atoms with Crippen LogP contribution in [0.3, 0.4) is 0 Å².